The Labute approximate surface area is 96.9 Å². The molecule has 0 aliphatic heterocycles. The highest BCUT2D eigenvalue weighted by Gasteiger charge is 2.17. The van der Waals surface area contributed by atoms with Gasteiger partial charge in [-0.15, -0.1) is 0 Å². The average molecular weight is 230 g/mol. The van der Waals surface area contributed by atoms with Gasteiger partial charge in [-0.1, -0.05) is 19.9 Å². The molecule has 0 aliphatic rings. The minimum atomic E-state index is -0.858. The molecule has 2 N–H and O–H groups in total. The van der Waals surface area contributed by atoms with Gasteiger partial charge in [-0.05, 0) is 24.8 Å². The van der Waals surface area contributed by atoms with Crippen LogP contribution in [0.1, 0.15) is 39.0 Å². The van der Waals surface area contributed by atoms with Crippen molar-refractivity contribution < 1.29 is 19.7 Å². The summed E-state index contributed by atoms with van der Waals surface area (Å²) in [7, 11) is 1.35. The first kappa shape index (κ1) is 15.1. The largest absolute Gasteiger partial charge is 0.469 e. The van der Waals surface area contributed by atoms with E-state index in [1.54, 1.807) is 0 Å². The molecule has 16 heavy (non-hydrogen) atoms. The number of hydrogen-bond donors (Lipinski definition) is 2. The number of aliphatic hydroxyl groups is 2. The molecule has 0 saturated heterocycles. The molecule has 0 heterocycles. The van der Waals surface area contributed by atoms with E-state index in [4.69, 9.17) is 0 Å². The Morgan fingerprint density at radius 3 is 2.50 bits per heavy atom. The topological polar surface area (TPSA) is 66.8 Å². The lowest BCUT2D eigenvalue weighted by molar-refractivity contribution is -0.140. The van der Waals surface area contributed by atoms with Gasteiger partial charge < -0.3 is 14.9 Å². The van der Waals surface area contributed by atoms with Gasteiger partial charge in [0.05, 0.1) is 13.2 Å². The van der Waals surface area contributed by atoms with Gasteiger partial charge in [-0.25, -0.2) is 0 Å². The molecule has 0 radical (unpaired) electrons. The summed E-state index contributed by atoms with van der Waals surface area (Å²) in [5.74, 6) is -0.243. The van der Waals surface area contributed by atoms with Crippen LogP contribution >= 0.6 is 0 Å². The molecule has 0 spiro atoms. The normalized spacial score (nSPS) is 14.2. The van der Waals surface area contributed by atoms with Crippen LogP contribution in [0.3, 0.4) is 0 Å². The number of hydrogen-bond acceptors (Lipinski definition) is 4. The van der Waals surface area contributed by atoms with E-state index >= 15 is 0 Å². The van der Waals surface area contributed by atoms with Crippen molar-refractivity contribution in [3.05, 3.63) is 12.2 Å². The van der Waals surface area contributed by atoms with Crippen LogP contribution in [-0.4, -0.2) is 35.5 Å². The molecule has 4 nitrogen and oxygen atoms in total. The summed E-state index contributed by atoms with van der Waals surface area (Å²) in [4.78, 5) is 10.8. The fourth-order valence-corrected chi connectivity index (χ4v) is 1.36. The van der Waals surface area contributed by atoms with Gasteiger partial charge in [0.15, 0.2) is 0 Å². The summed E-state index contributed by atoms with van der Waals surface area (Å²) in [5.41, 5.74) is 0.639. The summed E-state index contributed by atoms with van der Waals surface area (Å²) in [5, 5.41) is 19.2. The number of ether oxygens (including phenoxy) is 1. The summed E-state index contributed by atoms with van der Waals surface area (Å²) in [6, 6.07) is 0. The van der Waals surface area contributed by atoms with Crippen molar-refractivity contribution in [2.75, 3.05) is 7.11 Å². The Kier molecular flexibility index (Phi) is 7.85. The molecular formula is C12H22O4. The molecule has 0 bridgehead atoms. The number of unbranched alkanes of at least 4 members (excludes halogenated alkanes) is 1. The number of methoxy groups -OCH3 is 1. The molecule has 0 aliphatic carbocycles. The highest BCUT2D eigenvalue weighted by molar-refractivity contribution is 5.68. The third kappa shape index (κ3) is 5.88. The first-order chi connectivity index (χ1) is 7.52. The standard InChI is InChI=1S/C12H22O4/c1-4-9(2)12(15)10(13)7-5-6-8-11(14)16-3/h10,12-13,15H,2,4-8H2,1,3H3. The summed E-state index contributed by atoms with van der Waals surface area (Å²) < 4.78 is 4.50. The van der Waals surface area contributed by atoms with Gasteiger partial charge >= 0.3 is 5.97 Å². The highest BCUT2D eigenvalue weighted by Crippen LogP contribution is 2.14. The molecule has 94 valence electrons. The maximum atomic E-state index is 10.8. The molecule has 2 atom stereocenters. The fraction of sp³-hybridized carbons (Fsp3) is 0.750. The average Bonchev–Trinajstić information content (AvgIpc) is 2.31. The molecule has 0 aromatic rings. The van der Waals surface area contributed by atoms with Crippen molar-refractivity contribution in [2.24, 2.45) is 0 Å². The summed E-state index contributed by atoms with van der Waals surface area (Å²) in [6.07, 6.45) is 1.18. The first-order valence-electron chi connectivity index (χ1n) is 5.63. The van der Waals surface area contributed by atoms with Crippen LogP contribution in [-0.2, 0) is 9.53 Å². The Morgan fingerprint density at radius 2 is 2.00 bits per heavy atom. The first-order valence-corrected chi connectivity index (χ1v) is 5.63. The predicted molar refractivity (Wildman–Crippen MR) is 61.9 cm³/mol. The molecule has 2 unspecified atom stereocenters. The Bertz CT molecular complexity index is 225. The van der Waals surface area contributed by atoms with Gasteiger partial charge in [-0.3, -0.25) is 4.79 Å². The zero-order chi connectivity index (χ0) is 12.6. The monoisotopic (exact) mass is 230 g/mol. The van der Waals surface area contributed by atoms with Gasteiger partial charge in [-0.2, -0.15) is 0 Å². The van der Waals surface area contributed by atoms with Crippen molar-refractivity contribution in [1.82, 2.24) is 0 Å². The number of rotatable bonds is 8. The van der Waals surface area contributed by atoms with Gasteiger partial charge in [0.1, 0.15) is 6.10 Å². The molecule has 0 fully saturated rings. The van der Waals surface area contributed by atoms with Gasteiger partial charge in [0.2, 0.25) is 0 Å². The molecule has 0 saturated carbocycles. The second kappa shape index (κ2) is 8.30. The number of carbonyl (C=O) groups is 1. The van der Waals surface area contributed by atoms with E-state index < -0.39 is 12.2 Å². The molecule has 0 amide bonds. The maximum absolute atomic E-state index is 10.8. The second-order valence-corrected chi connectivity index (χ2v) is 3.85. The summed E-state index contributed by atoms with van der Waals surface area (Å²) >= 11 is 0. The van der Waals surface area contributed by atoms with E-state index in [0.29, 0.717) is 37.7 Å². The minimum absolute atomic E-state index is 0.243. The zero-order valence-corrected chi connectivity index (χ0v) is 10.1. The van der Waals surface area contributed by atoms with E-state index in [1.807, 2.05) is 6.92 Å². The van der Waals surface area contributed by atoms with E-state index in [9.17, 15) is 15.0 Å². The van der Waals surface area contributed by atoms with Gasteiger partial charge in [0, 0.05) is 6.42 Å². The Morgan fingerprint density at radius 1 is 1.38 bits per heavy atom. The van der Waals surface area contributed by atoms with Crippen LogP contribution in [0.15, 0.2) is 12.2 Å². The van der Waals surface area contributed by atoms with E-state index in [0.717, 1.165) is 0 Å². The van der Waals surface area contributed by atoms with Crippen LogP contribution < -0.4 is 0 Å². The zero-order valence-electron chi connectivity index (χ0n) is 10.1. The van der Waals surface area contributed by atoms with Crippen molar-refractivity contribution in [3.63, 3.8) is 0 Å². The fourth-order valence-electron chi connectivity index (χ4n) is 1.36. The number of aliphatic hydroxyl groups excluding tert-OH is 2. The predicted octanol–water partition coefficient (Wildman–Crippen LogP) is 1.41. The Balaban J connectivity index is 3.68. The van der Waals surface area contributed by atoms with E-state index in [-0.39, 0.29) is 5.97 Å². The van der Waals surface area contributed by atoms with Crippen LogP contribution in [0.25, 0.3) is 0 Å². The lowest BCUT2D eigenvalue weighted by Crippen LogP contribution is -2.27. The van der Waals surface area contributed by atoms with Crippen LogP contribution in [0.4, 0.5) is 0 Å². The smallest absolute Gasteiger partial charge is 0.305 e. The maximum Gasteiger partial charge on any atom is 0.305 e. The van der Waals surface area contributed by atoms with Gasteiger partial charge in [0.25, 0.3) is 0 Å². The lowest BCUT2D eigenvalue weighted by Gasteiger charge is -2.18. The molecular weight excluding hydrogens is 208 g/mol. The Hall–Kier alpha value is -0.870. The van der Waals surface area contributed by atoms with E-state index in [2.05, 4.69) is 11.3 Å². The lowest BCUT2D eigenvalue weighted by atomic mass is 9.99. The minimum Gasteiger partial charge on any atom is -0.469 e. The second-order valence-electron chi connectivity index (χ2n) is 3.85. The molecule has 4 heteroatoms. The van der Waals surface area contributed by atoms with E-state index in [1.165, 1.54) is 7.11 Å². The third-order valence-electron chi connectivity index (χ3n) is 2.60. The molecule has 0 aromatic carbocycles. The number of carbonyl (C=O) groups excluding carboxylic acids is 1. The van der Waals surface area contributed by atoms with Crippen molar-refractivity contribution in [3.8, 4) is 0 Å². The SMILES string of the molecule is C=C(CC)C(O)C(O)CCCCC(=O)OC. The molecule has 0 rings (SSSR count). The van der Waals surface area contributed by atoms with Crippen LogP contribution in [0.2, 0.25) is 0 Å². The van der Waals surface area contributed by atoms with Crippen molar-refractivity contribution in [2.45, 2.75) is 51.2 Å². The van der Waals surface area contributed by atoms with Crippen molar-refractivity contribution in [1.29, 1.82) is 0 Å². The van der Waals surface area contributed by atoms with Crippen molar-refractivity contribution >= 4 is 5.97 Å². The molecule has 0 aromatic heterocycles. The summed E-state index contributed by atoms with van der Waals surface area (Å²) in [6.45, 7) is 5.56. The number of esters is 1. The van der Waals surface area contributed by atoms with Crippen LogP contribution in [0.5, 0.6) is 0 Å². The quantitative estimate of drug-likeness (QED) is 0.376. The highest BCUT2D eigenvalue weighted by atomic mass is 16.5. The van der Waals surface area contributed by atoms with Crippen LogP contribution in [0, 0.1) is 0 Å². The third-order valence-corrected chi connectivity index (χ3v) is 2.60.